The van der Waals surface area contributed by atoms with E-state index in [-0.39, 0.29) is 17.9 Å². The first-order valence-electron chi connectivity index (χ1n) is 5.50. The molecule has 0 saturated carbocycles. The predicted octanol–water partition coefficient (Wildman–Crippen LogP) is 3.10. The van der Waals surface area contributed by atoms with Crippen molar-refractivity contribution in [1.82, 2.24) is 0 Å². The van der Waals surface area contributed by atoms with Gasteiger partial charge in [-0.25, -0.2) is 4.39 Å². The smallest absolute Gasteiger partial charge is 0.231 e. The Morgan fingerprint density at radius 3 is 2.83 bits per heavy atom. The van der Waals surface area contributed by atoms with Crippen molar-refractivity contribution < 1.29 is 18.3 Å². The molecular weight excluding hydrogens is 235 g/mol. The Balaban J connectivity index is 2.32. The Bertz CT molecular complexity index is 572. The molecule has 2 aromatic rings. The van der Waals surface area contributed by atoms with Gasteiger partial charge in [0.05, 0.1) is 5.56 Å². The summed E-state index contributed by atoms with van der Waals surface area (Å²) in [5, 5.41) is 0. The van der Waals surface area contributed by atoms with Crippen molar-refractivity contribution in [2.24, 2.45) is 0 Å². The molecule has 1 aromatic heterocycles. The fourth-order valence-electron chi connectivity index (χ4n) is 1.67. The van der Waals surface area contributed by atoms with Gasteiger partial charge in [-0.3, -0.25) is 4.79 Å². The molecule has 18 heavy (non-hydrogen) atoms. The molecule has 0 fully saturated rings. The maximum Gasteiger partial charge on any atom is 0.231 e. The fraction of sp³-hybridized carbons (Fsp3) is 0.214. The van der Waals surface area contributed by atoms with Crippen LogP contribution in [0.4, 0.5) is 4.39 Å². The van der Waals surface area contributed by atoms with Crippen molar-refractivity contribution in [3.8, 4) is 0 Å². The number of benzene rings is 1. The lowest BCUT2D eigenvalue weighted by Gasteiger charge is -2.01. The van der Waals surface area contributed by atoms with E-state index < -0.39 is 11.6 Å². The predicted molar refractivity (Wildman–Crippen MR) is 64.0 cm³/mol. The van der Waals surface area contributed by atoms with E-state index in [0.717, 1.165) is 5.56 Å². The Morgan fingerprint density at radius 2 is 2.11 bits per heavy atom. The van der Waals surface area contributed by atoms with Crippen molar-refractivity contribution in [3.05, 3.63) is 58.8 Å². The lowest BCUT2D eigenvalue weighted by molar-refractivity contribution is 0.0996. The third kappa shape index (κ3) is 2.49. The number of hydrogen-bond donors (Lipinski definition) is 0. The first-order valence-corrected chi connectivity index (χ1v) is 5.50. The van der Waals surface area contributed by atoms with Crippen LogP contribution in [-0.2, 0) is 11.3 Å². The second-order valence-corrected chi connectivity index (χ2v) is 4.01. The Labute approximate surface area is 104 Å². The van der Waals surface area contributed by atoms with E-state index in [4.69, 9.17) is 9.15 Å². The summed E-state index contributed by atoms with van der Waals surface area (Å²) in [6, 6.07) is 7.57. The summed E-state index contributed by atoms with van der Waals surface area (Å²) >= 11 is 0. The van der Waals surface area contributed by atoms with Gasteiger partial charge in [0.15, 0.2) is 5.76 Å². The molecule has 0 aliphatic heterocycles. The summed E-state index contributed by atoms with van der Waals surface area (Å²) in [5.41, 5.74) is 0.844. The van der Waals surface area contributed by atoms with E-state index in [2.05, 4.69) is 0 Å². The topological polar surface area (TPSA) is 39.4 Å². The molecule has 0 aliphatic rings. The third-order valence-electron chi connectivity index (χ3n) is 2.54. The minimum absolute atomic E-state index is 0.0216. The van der Waals surface area contributed by atoms with Crippen molar-refractivity contribution in [2.75, 3.05) is 7.11 Å². The first-order chi connectivity index (χ1) is 8.61. The van der Waals surface area contributed by atoms with Crippen LogP contribution in [0.5, 0.6) is 0 Å². The molecule has 0 unspecified atom stereocenters. The highest BCUT2D eigenvalue weighted by atomic mass is 19.1. The number of furan rings is 1. The molecule has 0 bridgehead atoms. The molecule has 1 heterocycles. The van der Waals surface area contributed by atoms with Gasteiger partial charge in [-0.05, 0) is 31.2 Å². The SMILES string of the molecule is COCc1ccc(C(=O)c2cc(C)ccc2F)o1. The minimum atomic E-state index is -0.546. The molecule has 0 spiro atoms. The van der Waals surface area contributed by atoms with E-state index >= 15 is 0 Å². The van der Waals surface area contributed by atoms with E-state index in [9.17, 15) is 9.18 Å². The van der Waals surface area contributed by atoms with Crippen molar-refractivity contribution in [2.45, 2.75) is 13.5 Å². The average molecular weight is 248 g/mol. The highest BCUT2D eigenvalue weighted by Gasteiger charge is 2.17. The number of aryl methyl sites for hydroxylation is 1. The number of hydrogen-bond acceptors (Lipinski definition) is 3. The van der Waals surface area contributed by atoms with Crippen LogP contribution < -0.4 is 0 Å². The van der Waals surface area contributed by atoms with Crippen LogP contribution in [0.1, 0.15) is 27.4 Å². The van der Waals surface area contributed by atoms with Crippen molar-refractivity contribution >= 4 is 5.78 Å². The number of rotatable bonds is 4. The number of methoxy groups -OCH3 is 1. The van der Waals surface area contributed by atoms with Gasteiger partial charge in [0.25, 0.3) is 0 Å². The largest absolute Gasteiger partial charge is 0.455 e. The molecule has 0 saturated heterocycles. The quantitative estimate of drug-likeness (QED) is 0.780. The summed E-state index contributed by atoms with van der Waals surface area (Å²) in [6.45, 7) is 2.08. The van der Waals surface area contributed by atoms with Crippen LogP contribution in [0.3, 0.4) is 0 Å². The summed E-state index contributed by atoms with van der Waals surface area (Å²) in [6.07, 6.45) is 0. The van der Waals surface area contributed by atoms with Gasteiger partial charge in [0.2, 0.25) is 5.78 Å². The number of ketones is 1. The number of halogens is 1. The highest BCUT2D eigenvalue weighted by molar-refractivity contribution is 6.07. The Hall–Kier alpha value is -1.94. The van der Waals surface area contributed by atoms with Crippen LogP contribution in [0, 0.1) is 12.7 Å². The zero-order valence-electron chi connectivity index (χ0n) is 10.2. The monoisotopic (exact) mass is 248 g/mol. The van der Waals surface area contributed by atoms with Crippen molar-refractivity contribution in [1.29, 1.82) is 0 Å². The van der Waals surface area contributed by atoms with Crippen LogP contribution in [0.15, 0.2) is 34.7 Å². The maximum absolute atomic E-state index is 13.6. The average Bonchev–Trinajstić information content (AvgIpc) is 2.80. The van der Waals surface area contributed by atoms with Gasteiger partial charge >= 0.3 is 0 Å². The molecule has 0 amide bonds. The third-order valence-corrected chi connectivity index (χ3v) is 2.54. The van der Waals surface area contributed by atoms with Crippen LogP contribution in [0.25, 0.3) is 0 Å². The van der Waals surface area contributed by atoms with Gasteiger partial charge in [-0.1, -0.05) is 11.6 Å². The molecule has 3 nitrogen and oxygen atoms in total. The highest BCUT2D eigenvalue weighted by Crippen LogP contribution is 2.17. The van der Waals surface area contributed by atoms with Crippen molar-refractivity contribution in [3.63, 3.8) is 0 Å². The summed E-state index contributed by atoms with van der Waals surface area (Å²) in [7, 11) is 1.53. The molecule has 0 N–H and O–H groups in total. The van der Waals surface area contributed by atoms with Gasteiger partial charge < -0.3 is 9.15 Å². The molecular formula is C14H13FO3. The second-order valence-electron chi connectivity index (χ2n) is 4.01. The van der Waals surface area contributed by atoms with E-state index in [1.165, 1.54) is 25.3 Å². The zero-order valence-corrected chi connectivity index (χ0v) is 10.2. The van der Waals surface area contributed by atoms with Crippen LogP contribution in [-0.4, -0.2) is 12.9 Å². The van der Waals surface area contributed by atoms with Crippen LogP contribution in [0.2, 0.25) is 0 Å². The van der Waals surface area contributed by atoms with Gasteiger partial charge in [-0.2, -0.15) is 0 Å². The zero-order chi connectivity index (χ0) is 13.1. The van der Waals surface area contributed by atoms with Gasteiger partial charge in [0, 0.05) is 7.11 Å². The molecule has 0 aliphatic carbocycles. The van der Waals surface area contributed by atoms with Gasteiger partial charge in [0.1, 0.15) is 18.2 Å². The Kier molecular flexibility index (Phi) is 3.58. The maximum atomic E-state index is 13.6. The summed E-state index contributed by atoms with van der Waals surface area (Å²) in [4.78, 5) is 12.1. The van der Waals surface area contributed by atoms with Gasteiger partial charge in [-0.15, -0.1) is 0 Å². The lowest BCUT2D eigenvalue weighted by atomic mass is 10.1. The fourth-order valence-corrected chi connectivity index (χ4v) is 1.67. The van der Waals surface area contributed by atoms with E-state index in [1.807, 2.05) is 0 Å². The molecule has 1 aromatic carbocycles. The standard InChI is InChI=1S/C14H13FO3/c1-9-3-5-12(15)11(7-9)14(16)13-6-4-10(18-13)8-17-2/h3-7H,8H2,1-2H3. The molecule has 2 rings (SSSR count). The lowest BCUT2D eigenvalue weighted by Crippen LogP contribution is -2.03. The molecule has 0 atom stereocenters. The summed E-state index contributed by atoms with van der Waals surface area (Å²) < 4.78 is 23.8. The Morgan fingerprint density at radius 1 is 1.33 bits per heavy atom. The molecule has 0 radical (unpaired) electrons. The number of ether oxygens (including phenoxy) is 1. The van der Waals surface area contributed by atoms with E-state index in [1.54, 1.807) is 19.1 Å². The second kappa shape index (κ2) is 5.14. The number of carbonyl (C=O) groups is 1. The summed E-state index contributed by atoms with van der Waals surface area (Å²) in [5.74, 6) is -0.352. The first kappa shape index (κ1) is 12.5. The molecule has 4 heteroatoms. The van der Waals surface area contributed by atoms with E-state index in [0.29, 0.717) is 5.76 Å². The van der Waals surface area contributed by atoms with Crippen LogP contribution >= 0.6 is 0 Å². The molecule has 94 valence electrons. The minimum Gasteiger partial charge on any atom is -0.455 e. The normalized spacial score (nSPS) is 10.6. The number of carbonyl (C=O) groups excluding carboxylic acids is 1.